The Morgan fingerprint density at radius 2 is 2.03 bits per heavy atom. The predicted octanol–water partition coefficient (Wildman–Crippen LogP) is 4.92. The van der Waals surface area contributed by atoms with Crippen LogP contribution < -0.4 is 15.0 Å². The number of piperazine rings is 1. The van der Waals surface area contributed by atoms with Crippen LogP contribution in [-0.4, -0.2) is 53.6 Å². The molecule has 8 heteroatoms. The minimum atomic E-state index is -0.314. The molecule has 1 saturated heterocycles. The van der Waals surface area contributed by atoms with E-state index in [4.69, 9.17) is 9.47 Å². The molecule has 0 aliphatic carbocycles. The summed E-state index contributed by atoms with van der Waals surface area (Å²) in [5.41, 5.74) is 5.41. The number of aromatic nitrogens is 3. The highest BCUT2D eigenvalue weighted by Crippen LogP contribution is 2.37. The molecule has 2 aliphatic rings. The minimum Gasteiger partial charge on any atom is -0.491 e. The largest absolute Gasteiger partial charge is 0.491 e. The van der Waals surface area contributed by atoms with E-state index in [0.29, 0.717) is 31.1 Å². The molecule has 0 saturated carbocycles. The van der Waals surface area contributed by atoms with Gasteiger partial charge < -0.3 is 19.7 Å². The van der Waals surface area contributed by atoms with Crippen molar-refractivity contribution in [3.05, 3.63) is 60.0 Å². The van der Waals surface area contributed by atoms with Crippen molar-refractivity contribution < 1.29 is 13.9 Å². The summed E-state index contributed by atoms with van der Waals surface area (Å²) in [6.07, 6.45) is 2.44. The van der Waals surface area contributed by atoms with E-state index in [1.54, 1.807) is 12.3 Å². The summed E-state index contributed by atoms with van der Waals surface area (Å²) in [5.74, 6) is 0.520. The Hall–Kier alpha value is -3.49. The van der Waals surface area contributed by atoms with Crippen LogP contribution in [0.5, 0.6) is 5.75 Å². The normalized spacial score (nSPS) is 17.8. The lowest BCUT2D eigenvalue weighted by molar-refractivity contribution is 0.107. The van der Waals surface area contributed by atoms with E-state index < -0.39 is 0 Å². The molecule has 4 bridgehead atoms. The van der Waals surface area contributed by atoms with E-state index in [-0.39, 0.29) is 11.4 Å². The number of pyridine rings is 1. The Balaban J connectivity index is 1.48. The van der Waals surface area contributed by atoms with Crippen molar-refractivity contribution in [1.29, 1.82) is 0 Å². The number of H-pyrrole nitrogens is 1. The molecular formula is C28H30FN5O2. The maximum absolute atomic E-state index is 15.0. The molecule has 6 rings (SSSR count). The zero-order valence-electron chi connectivity index (χ0n) is 20.6. The first kappa shape index (κ1) is 22.9. The molecule has 36 heavy (non-hydrogen) atoms. The monoisotopic (exact) mass is 487 g/mol. The molecule has 2 N–H and O–H groups in total. The van der Waals surface area contributed by atoms with Crippen LogP contribution in [-0.2, 0) is 11.3 Å². The standard InChI is InChI=1S/C28H30FN5O2/c1-28(2)17-34(10-9-31-28)24-8-7-18-13-25(24)36-12-4-11-35-16-19-5-3-6-21(29)26(19)22-14-20-23(15-30-22)32-33-27(18)20/h3,5-8,13-15,31H,4,9-12,16-17H2,1-2H3,(H,32,33). The summed E-state index contributed by atoms with van der Waals surface area (Å²) in [7, 11) is 0. The Kier molecular flexibility index (Phi) is 5.85. The van der Waals surface area contributed by atoms with Crippen molar-refractivity contribution >= 4 is 16.6 Å². The summed E-state index contributed by atoms with van der Waals surface area (Å²) >= 11 is 0. The zero-order valence-corrected chi connectivity index (χ0v) is 20.6. The van der Waals surface area contributed by atoms with E-state index in [1.165, 1.54) is 6.07 Å². The Morgan fingerprint density at radius 3 is 2.92 bits per heavy atom. The number of rotatable bonds is 1. The molecule has 4 aromatic rings. The maximum atomic E-state index is 15.0. The SMILES string of the molecule is CC1(C)CN(c2ccc3cc2OCCCOCc2cccc(F)c2-c2cc4c-3n[nH]c4cn2)CCN1. The van der Waals surface area contributed by atoms with Crippen molar-refractivity contribution in [2.45, 2.75) is 32.4 Å². The van der Waals surface area contributed by atoms with Gasteiger partial charge in [-0.1, -0.05) is 18.2 Å². The lowest BCUT2D eigenvalue weighted by atomic mass is 10.00. The van der Waals surface area contributed by atoms with Crippen molar-refractivity contribution in [2.24, 2.45) is 0 Å². The molecule has 0 spiro atoms. The Morgan fingerprint density at radius 1 is 1.11 bits per heavy atom. The predicted molar refractivity (Wildman–Crippen MR) is 139 cm³/mol. The molecule has 0 radical (unpaired) electrons. The van der Waals surface area contributed by atoms with E-state index in [1.807, 2.05) is 12.1 Å². The number of benzene rings is 2. The summed E-state index contributed by atoms with van der Waals surface area (Å²) in [6, 6.07) is 13.2. The first-order valence-corrected chi connectivity index (χ1v) is 12.5. The molecule has 2 aromatic carbocycles. The fourth-order valence-electron chi connectivity index (χ4n) is 5.16. The summed E-state index contributed by atoms with van der Waals surface area (Å²) in [4.78, 5) is 6.93. The van der Waals surface area contributed by atoms with Gasteiger partial charge in [0.25, 0.3) is 0 Å². The molecule has 186 valence electrons. The van der Waals surface area contributed by atoms with E-state index in [9.17, 15) is 4.39 Å². The molecule has 2 aromatic heterocycles. The van der Waals surface area contributed by atoms with Crippen LogP contribution >= 0.6 is 0 Å². The van der Waals surface area contributed by atoms with Crippen molar-refractivity contribution in [2.75, 3.05) is 37.7 Å². The number of aromatic amines is 1. The fourth-order valence-corrected chi connectivity index (χ4v) is 5.16. The highest BCUT2D eigenvalue weighted by Gasteiger charge is 2.28. The fraction of sp³-hybridized carbons (Fsp3) is 0.357. The van der Waals surface area contributed by atoms with Crippen LogP contribution in [0.15, 0.2) is 48.7 Å². The lowest BCUT2D eigenvalue weighted by Gasteiger charge is -2.41. The molecule has 7 nitrogen and oxygen atoms in total. The van der Waals surface area contributed by atoms with Crippen LogP contribution in [0.4, 0.5) is 10.1 Å². The van der Waals surface area contributed by atoms with Crippen LogP contribution in [0.25, 0.3) is 33.4 Å². The van der Waals surface area contributed by atoms with Gasteiger partial charge in [0.05, 0.1) is 42.9 Å². The number of hydrogen-bond donors (Lipinski definition) is 2. The van der Waals surface area contributed by atoms with Gasteiger partial charge in [-0.25, -0.2) is 4.39 Å². The molecule has 0 unspecified atom stereocenters. The van der Waals surface area contributed by atoms with Gasteiger partial charge in [0.2, 0.25) is 0 Å². The second-order valence-electron chi connectivity index (χ2n) is 10.1. The lowest BCUT2D eigenvalue weighted by Crippen LogP contribution is -2.57. The van der Waals surface area contributed by atoms with Crippen molar-refractivity contribution in [3.63, 3.8) is 0 Å². The highest BCUT2D eigenvalue weighted by atomic mass is 19.1. The molecule has 4 heterocycles. The third kappa shape index (κ3) is 4.31. The minimum absolute atomic E-state index is 0.0172. The highest BCUT2D eigenvalue weighted by molar-refractivity contribution is 5.95. The van der Waals surface area contributed by atoms with Gasteiger partial charge >= 0.3 is 0 Å². The molecule has 0 amide bonds. The smallest absolute Gasteiger partial charge is 0.143 e. The first-order valence-electron chi connectivity index (χ1n) is 12.5. The van der Waals surface area contributed by atoms with E-state index >= 15 is 0 Å². The van der Waals surface area contributed by atoms with Crippen molar-refractivity contribution in [3.8, 4) is 28.3 Å². The molecule has 0 atom stereocenters. The number of ether oxygens (including phenoxy) is 2. The number of anilines is 1. The Bertz CT molecular complexity index is 1420. The van der Waals surface area contributed by atoms with Crippen LogP contribution in [0.2, 0.25) is 0 Å². The number of nitrogens with zero attached hydrogens (tertiary/aromatic N) is 3. The quantitative estimate of drug-likeness (QED) is 0.397. The molecule has 1 fully saturated rings. The number of nitrogens with one attached hydrogen (secondary N) is 2. The number of fused-ring (bicyclic) bond motifs is 6. The van der Waals surface area contributed by atoms with Crippen LogP contribution in [0.3, 0.4) is 0 Å². The number of hydrogen-bond acceptors (Lipinski definition) is 6. The van der Waals surface area contributed by atoms with Gasteiger partial charge in [0.15, 0.2) is 0 Å². The summed E-state index contributed by atoms with van der Waals surface area (Å²) in [5, 5.41) is 12.1. The Labute approximate surface area is 209 Å². The summed E-state index contributed by atoms with van der Waals surface area (Å²) in [6.45, 7) is 8.48. The van der Waals surface area contributed by atoms with Gasteiger partial charge in [-0.3, -0.25) is 10.1 Å². The van der Waals surface area contributed by atoms with E-state index in [0.717, 1.165) is 65.2 Å². The third-order valence-electron chi connectivity index (χ3n) is 6.90. The van der Waals surface area contributed by atoms with Gasteiger partial charge in [-0.2, -0.15) is 5.10 Å². The average molecular weight is 488 g/mol. The van der Waals surface area contributed by atoms with Crippen LogP contribution in [0, 0.1) is 5.82 Å². The molecule has 2 aliphatic heterocycles. The molecular weight excluding hydrogens is 457 g/mol. The van der Waals surface area contributed by atoms with Gasteiger partial charge in [0, 0.05) is 48.1 Å². The second kappa shape index (κ2) is 9.19. The van der Waals surface area contributed by atoms with Gasteiger partial charge in [-0.15, -0.1) is 0 Å². The average Bonchev–Trinajstić information content (AvgIpc) is 3.28. The summed E-state index contributed by atoms with van der Waals surface area (Å²) < 4.78 is 27.3. The topological polar surface area (TPSA) is 75.3 Å². The van der Waals surface area contributed by atoms with Gasteiger partial charge in [-0.05, 0) is 43.7 Å². The number of halogens is 1. The van der Waals surface area contributed by atoms with Crippen molar-refractivity contribution in [1.82, 2.24) is 20.5 Å². The maximum Gasteiger partial charge on any atom is 0.143 e. The second-order valence-corrected chi connectivity index (χ2v) is 10.1. The zero-order chi connectivity index (χ0) is 24.7. The van der Waals surface area contributed by atoms with Gasteiger partial charge in [0.1, 0.15) is 17.3 Å². The third-order valence-corrected chi connectivity index (χ3v) is 6.90. The van der Waals surface area contributed by atoms with Crippen LogP contribution in [0.1, 0.15) is 25.8 Å². The van der Waals surface area contributed by atoms with E-state index in [2.05, 4.69) is 57.4 Å². The first-order chi connectivity index (χ1) is 17.5.